The molecule has 6 N–H and O–H groups in total. The van der Waals surface area contributed by atoms with E-state index < -0.39 is 6.04 Å². The molecular formula is C48H93N5O3. The third kappa shape index (κ3) is 38.7. The van der Waals surface area contributed by atoms with E-state index in [4.69, 9.17) is 11.5 Å². The Morgan fingerprint density at radius 2 is 0.857 bits per heavy atom. The van der Waals surface area contributed by atoms with Crippen LogP contribution in [0.25, 0.3) is 0 Å². The first-order chi connectivity index (χ1) is 27.5. The predicted octanol–water partition coefficient (Wildman–Crippen LogP) is 11.4. The van der Waals surface area contributed by atoms with E-state index in [1.807, 2.05) is 4.90 Å². The van der Waals surface area contributed by atoms with Crippen LogP contribution >= 0.6 is 0 Å². The van der Waals surface area contributed by atoms with Gasteiger partial charge in [0.15, 0.2) is 0 Å². The first kappa shape index (κ1) is 53.8. The monoisotopic (exact) mass is 788 g/mol. The van der Waals surface area contributed by atoms with Crippen LogP contribution in [0, 0.1) is 0 Å². The van der Waals surface area contributed by atoms with Crippen LogP contribution in [0.4, 0.5) is 0 Å². The number of hydrogen-bond acceptors (Lipinski definition) is 5. The second-order valence-corrected chi connectivity index (χ2v) is 16.3. The van der Waals surface area contributed by atoms with Gasteiger partial charge in [-0.1, -0.05) is 141 Å². The number of unbranched alkanes of at least 4 members (excludes halogenated alkanes) is 23. The number of nitrogens with one attached hydrogen (secondary N) is 2. The highest BCUT2D eigenvalue weighted by Gasteiger charge is 2.20. The lowest BCUT2D eigenvalue weighted by atomic mass is 10.1. The van der Waals surface area contributed by atoms with Crippen molar-refractivity contribution in [2.45, 2.75) is 232 Å². The van der Waals surface area contributed by atoms with Crippen molar-refractivity contribution in [3.63, 3.8) is 0 Å². The first-order valence-corrected chi connectivity index (χ1v) is 24.0. The highest BCUT2D eigenvalue weighted by Crippen LogP contribution is 2.12. The van der Waals surface area contributed by atoms with Crippen LogP contribution in [0.5, 0.6) is 0 Å². The first-order valence-electron chi connectivity index (χ1n) is 24.0. The molecule has 0 aliphatic carbocycles. The summed E-state index contributed by atoms with van der Waals surface area (Å²) in [4.78, 5) is 39.7. The maximum absolute atomic E-state index is 13.1. The van der Waals surface area contributed by atoms with Crippen molar-refractivity contribution in [1.29, 1.82) is 0 Å². The standard InChI is InChI=1S/C48H93N5O3/c1-3-5-7-9-11-13-15-17-19-21-23-25-27-29-31-38-46(54)51-41-33-34-43-53(48(56)45(50)37-35-40-49)44-36-42-52-47(55)39-32-30-28-26-24-22-20-18-16-14-12-10-8-6-4-2/h17-20,45H,3-16,21-44,49-50H2,1-2H3,(H,51,54)(H,52,55)/t45-/m0/s1. The van der Waals surface area contributed by atoms with Crippen molar-refractivity contribution in [3.05, 3.63) is 24.3 Å². The zero-order valence-corrected chi connectivity index (χ0v) is 37.1. The van der Waals surface area contributed by atoms with Crippen molar-refractivity contribution in [3.8, 4) is 0 Å². The summed E-state index contributed by atoms with van der Waals surface area (Å²) in [7, 11) is 0. The Kier molecular flexibility index (Phi) is 42.2. The molecule has 0 aromatic rings. The molecule has 0 saturated heterocycles. The second kappa shape index (κ2) is 43.9. The van der Waals surface area contributed by atoms with E-state index >= 15 is 0 Å². The average Bonchev–Trinajstić information content (AvgIpc) is 3.20. The summed E-state index contributed by atoms with van der Waals surface area (Å²) in [6.45, 7) is 7.38. The molecule has 8 nitrogen and oxygen atoms in total. The lowest BCUT2D eigenvalue weighted by Crippen LogP contribution is -2.45. The zero-order chi connectivity index (χ0) is 41.0. The molecule has 3 amide bonds. The van der Waals surface area contributed by atoms with Crippen LogP contribution in [0.15, 0.2) is 24.3 Å². The van der Waals surface area contributed by atoms with Crippen LogP contribution in [-0.4, -0.2) is 61.4 Å². The Hall–Kier alpha value is -2.19. The molecule has 0 aromatic heterocycles. The van der Waals surface area contributed by atoms with Crippen molar-refractivity contribution in [2.75, 3.05) is 32.7 Å². The topological polar surface area (TPSA) is 131 Å². The average molecular weight is 788 g/mol. The van der Waals surface area contributed by atoms with Crippen molar-refractivity contribution in [2.24, 2.45) is 11.5 Å². The molecule has 1 atom stereocenters. The minimum atomic E-state index is -0.555. The number of rotatable bonds is 43. The quantitative estimate of drug-likeness (QED) is 0.0361. The van der Waals surface area contributed by atoms with E-state index in [2.05, 4.69) is 48.8 Å². The van der Waals surface area contributed by atoms with Gasteiger partial charge in [-0.2, -0.15) is 0 Å². The summed E-state index contributed by atoms with van der Waals surface area (Å²) in [6.07, 6.45) is 46.6. The highest BCUT2D eigenvalue weighted by atomic mass is 16.2. The summed E-state index contributed by atoms with van der Waals surface area (Å²) in [5.74, 6) is 0.167. The molecule has 0 radical (unpaired) electrons. The normalized spacial score (nSPS) is 12.1. The van der Waals surface area contributed by atoms with Crippen LogP contribution in [-0.2, 0) is 14.4 Å². The lowest BCUT2D eigenvalue weighted by molar-refractivity contribution is -0.133. The van der Waals surface area contributed by atoms with E-state index in [9.17, 15) is 14.4 Å². The SMILES string of the molecule is CCCCCCCCC=CCCCCCCCC(=O)NCCCCN(CCCNC(=O)CCCCCCCC=CCCCCCCCC)C(=O)[C@@H](N)CCCN. The van der Waals surface area contributed by atoms with E-state index in [1.165, 1.54) is 141 Å². The van der Waals surface area contributed by atoms with Gasteiger partial charge in [0.25, 0.3) is 0 Å². The summed E-state index contributed by atoms with van der Waals surface area (Å²) >= 11 is 0. The predicted molar refractivity (Wildman–Crippen MR) is 242 cm³/mol. The van der Waals surface area contributed by atoms with Gasteiger partial charge >= 0.3 is 0 Å². The van der Waals surface area contributed by atoms with Crippen LogP contribution in [0.3, 0.4) is 0 Å². The third-order valence-electron chi connectivity index (χ3n) is 10.8. The number of carbonyl (C=O) groups is 3. The Balaban J connectivity index is 4.02. The molecule has 328 valence electrons. The third-order valence-corrected chi connectivity index (χ3v) is 10.8. The summed E-state index contributed by atoms with van der Waals surface area (Å²) in [5, 5.41) is 6.10. The fourth-order valence-electron chi connectivity index (χ4n) is 7.07. The smallest absolute Gasteiger partial charge is 0.239 e. The summed E-state index contributed by atoms with van der Waals surface area (Å²) < 4.78 is 0. The highest BCUT2D eigenvalue weighted by molar-refractivity contribution is 5.81. The molecule has 0 heterocycles. The summed E-state index contributed by atoms with van der Waals surface area (Å²) in [5.41, 5.74) is 11.9. The molecule has 0 fully saturated rings. The fraction of sp³-hybridized carbons (Fsp3) is 0.854. The van der Waals surface area contributed by atoms with Crippen LogP contribution < -0.4 is 22.1 Å². The number of allylic oxidation sites excluding steroid dienone is 4. The van der Waals surface area contributed by atoms with Gasteiger partial charge in [-0.05, 0) is 103 Å². The van der Waals surface area contributed by atoms with Gasteiger partial charge < -0.3 is 27.0 Å². The van der Waals surface area contributed by atoms with E-state index in [-0.39, 0.29) is 17.7 Å². The molecule has 0 rings (SSSR count). The molecule has 56 heavy (non-hydrogen) atoms. The molecule has 0 bridgehead atoms. The van der Waals surface area contributed by atoms with Gasteiger partial charge in [-0.25, -0.2) is 0 Å². The van der Waals surface area contributed by atoms with Crippen molar-refractivity contribution < 1.29 is 14.4 Å². The molecule has 0 spiro atoms. The second-order valence-electron chi connectivity index (χ2n) is 16.3. The van der Waals surface area contributed by atoms with Gasteiger partial charge in [0, 0.05) is 39.0 Å². The Morgan fingerprint density at radius 1 is 0.482 bits per heavy atom. The molecule has 0 aromatic carbocycles. The minimum Gasteiger partial charge on any atom is -0.356 e. The van der Waals surface area contributed by atoms with Crippen molar-refractivity contribution in [1.82, 2.24) is 15.5 Å². The molecule has 0 aliphatic heterocycles. The minimum absolute atomic E-state index is 0.0497. The number of carbonyl (C=O) groups excluding carboxylic acids is 3. The van der Waals surface area contributed by atoms with Gasteiger partial charge in [-0.15, -0.1) is 0 Å². The van der Waals surface area contributed by atoms with Gasteiger partial charge in [-0.3, -0.25) is 14.4 Å². The molecular weight excluding hydrogens is 695 g/mol. The van der Waals surface area contributed by atoms with Crippen molar-refractivity contribution >= 4 is 17.7 Å². The lowest BCUT2D eigenvalue weighted by Gasteiger charge is -2.26. The molecule has 0 saturated carbocycles. The number of nitrogens with two attached hydrogens (primary N) is 2. The Labute approximate surface area is 347 Å². The molecule has 0 unspecified atom stereocenters. The number of nitrogens with zero attached hydrogens (tertiary/aromatic N) is 1. The van der Waals surface area contributed by atoms with E-state index in [0.29, 0.717) is 58.4 Å². The molecule has 0 aliphatic rings. The zero-order valence-electron chi connectivity index (χ0n) is 37.1. The van der Waals surface area contributed by atoms with Gasteiger partial charge in [0.2, 0.25) is 17.7 Å². The summed E-state index contributed by atoms with van der Waals surface area (Å²) in [6, 6.07) is -0.555. The fourth-order valence-corrected chi connectivity index (χ4v) is 7.07. The van der Waals surface area contributed by atoms with E-state index in [0.717, 1.165) is 44.9 Å². The number of amides is 3. The molecule has 8 heteroatoms. The Morgan fingerprint density at radius 3 is 1.29 bits per heavy atom. The maximum atomic E-state index is 13.1. The largest absolute Gasteiger partial charge is 0.356 e. The van der Waals surface area contributed by atoms with Gasteiger partial charge in [0.05, 0.1) is 6.04 Å². The maximum Gasteiger partial charge on any atom is 0.239 e. The van der Waals surface area contributed by atoms with Gasteiger partial charge in [0.1, 0.15) is 0 Å². The Bertz CT molecular complexity index is 940. The van der Waals surface area contributed by atoms with E-state index in [1.54, 1.807) is 0 Å². The number of hydrogen-bond donors (Lipinski definition) is 4. The van der Waals surface area contributed by atoms with Crippen LogP contribution in [0.2, 0.25) is 0 Å². The van der Waals surface area contributed by atoms with Crippen LogP contribution in [0.1, 0.15) is 226 Å².